The van der Waals surface area contributed by atoms with E-state index in [1.165, 1.54) is 0 Å². The molecule has 0 fully saturated rings. The minimum Gasteiger partial charge on any atom is -0.465 e. The summed E-state index contributed by atoms with van der Waals surface area (Å²) in [5, 5.41) is 0. The van der Waals surface area contributed by atoms with Crippen LogP contribution >= 0.6 is 0 Å². The highest BCUT2D eigenvalue weighted by atomic mass is 32.2. The highest BCUT2D eigenvalue weighted by molar-refractivity contribution is 7.89. The van der Waals surface area contributed by atoms with Crippen molar-refractivity contribution in [1.82, 2.24) is 4.72 Å². The third-order valence-electron chi connectivity index (χ3n) is 1.65. The first-order chi connectivity index (χ1) is 6.53. The minimum absolute atomic E-state index is 0.0628. The molecule has 0 saturated carbocycles. The van der Waals surface area contributed by atoms with Crippen molar-refractivity contribution in [2.75, 3.05) is 12.3 Å². The van der Waals surface area contributed by atoms with Gasteiger partial charge in [0.05, 0.1) is 12.3 Å². The van der Waals surface area contributed by atoms with E-state index < -0.39 is 10.0 Å². The van der Waals surface area contributed by atoms with Gasteiger partial charge in [0.2, 0.25) is 10.0 Å². The molecule has 0 aliphatic rings. The average molecular weight is 218 g/mol. The molecule has 1 aromatic rings. The summed E-state index contributed by atoms with van der Waals surface area (Å²) in [4.78, 5) is 0. The predicted octanol–water partition coefficient (Wildman–Crippen LogP) is -0.0339. The van der Waals surface area contributed by atoms with E-state index in [1.807, 2.05) is 0 Å². The molecule has 0 aliphatic carbocycles. The SMILES string of the molecule is Cc1ccc(CNS(=O)(=O)CCN)o1. The molecular formula is C8H14N2O3S. The molecule has 0 bridgehead atoms. The number of rotatable bonds is 5. The molecule has 80 valence electrons. The van der Waals surface area contributed by atoms with Crippen molar-refractivity contribution in [1.29, 1.82) is 0 Å². The molecule has 0 amide bonds. The fourth-order valence-corrected chi connectivity index (χ4v) is 1.81. The normalized spacial score (nSPS) is 11.9. The van der Waals surface area contributed by atoms with Crippen molar-refractivity contribution in [3.8, 4) is 0 Å². The first-order valence-electron chi connectivity index (χ1n) is 4.26. The third-order valence-corrected chi connectivity index (χ3v) is 3.01. The second kappa shape index (κ2) is 4.59. The van der Waals surface area contributed by atoms with E-state index in [0.29, 0.717) is 5.76 Å². The molecule has 14 heavy (non-hydrogen) atoms. The van der Waals surface area contributed by atoms with Crippen molar-refractivity contribution in [2.24, 2.45) is 5.73 Å². The van der Waals surface area contributed by atoms with Crippen molar-refractivity contribution in [3.05, 3.63) is 23.7 Å². The maximum atomic E-state index is 11.2. The molecule has 0 aromatic carbocycles. The molecule has 0 saturated heterocycles. The fourth-order valence-electron chi connectivity index (χ4n) is 0.989. The van der Waals surface area contributed by atoms with E-state index in [-0.39, 0.29) is 18.8 Å². The van der Waals surface area contributed by atoms with Crippen LogP contribution in [-0.4, -0.2) is 20.7 Å². The monoisotopic (exact) mass is 218 g/mol. The standard InChI is InChI=1S/C8H14N2O3S/c1-7-2-3-8(13-7)6-10-14(11,12)5-4-9/h2-3,10H,4-6,9H2,1H3. The molecule has 0 atom stereocenters. The lowest BCUT2D eigenvalue weighted by Gasteiger charge is -2.02. The molecule has 5 nitrogen and oxygen atoms in total. The first kappa shape index (κ1) is 11.2. The molecule has 0 spiro atoms. The molecule has 3 N–H and O–H groups in total. The van der Waals surface area contributed by atoms with Crippen LogP contribution in [0.15, 0.2) is 16.5 Å². The van der Waals surface area contributed by atoms with Gasteiger partial charge in [0.15, 0.2) is 0 Å². The van der Waals surface area contributed by atoms with Crippen LogP contribution in [0.1, 0.15) is 11.5 Å². The summed E-state index contributed by atoms with van der Waals surface area (Å²) in [6, 6.07) is 3.52. The minimum atomic E-state index is -3.26. The number of hydrogen-bond acceptors (Lipinski definition) is 4. The topological polar surface area (TPSA) is 85.3 Å². The zero-order chi connectivity index (χ0) is 10.6. The van der Waals surface area contributed by atoms with Crippen molar-refractivity contribution in [3.63, 3.8) is 0 Å². The van der Waals surface area contributed by atoms with Gasteiger partial charge in [-0.05, 0) is 19.1 Å². The zero-order valence-corrected chi connectivity index (χ0v) is 8.80. The highest BCUT2D eigenvalue weighted by Gasteiger charge is 2.09. The van der Waals surface area contributed by atoms with E-state index in [0.717, 1.165) is 5.76 Å². The maximum Gasteiger partial charge on any atom is 0.213 e. The Kier molecular flexibility index (Phi) is 3.68. The highest BCUT2D eigenvalue weighted by Crippen LogP contribution is 2.05. The lowest BCUT2D eigenvalue weighted by Crippen LogP contribution is -2.29. The van der Waals surface area contributed by atoms with Crippen LogP contribution in [0, 0.1) is 6.92 Å². The van der Waals surface area contributed by atoms with Crippen LogP contribution < -0.4 is 10.5 Å². The van der Waals surface area contributed by atoms with Crippen molar-refractivity contribution >= 4 is 10.0 Å². The van der Waals surface area contributed by atoms with Gasteiger partial charge in [0.1, 0.15) is 11.5 Å². The van der Waals surface area contributed by atoms with E-state index >= 15 is 0 Å². The van der Waals surface area contributed by atoms with Crippen LogP contribution in [0.5, 0.6) is 0 Å². The summed E-state index contributed by atoms with van der Waals surface area (Å²) >= 11 is 0. The molecule has 1 heterocycles. The van der Waals surface area contributed by atoms with Crippen molar-refractivity contribution in [2.45, 2.75) is 13.5 Å². The number of sulfonamides is 1. The molecule has 1 aromatic heterocycles. The van der Waals surface area contributed by atoms with Crippen LogP contribution in [0.2, 0.25) is 0 Å². The van der Waals surface area contributed by atoms with Crippen molar-refractivity contribution < 1.29 is 12.8 Å². The Bertz CT molecular complexity index is 383. The lowest BCUT2D eigenvalue weighted by molar-refractivity contribution is 0.475. The summed E-state index contributed by atoms with van der Waals surface area (Å²) in [5.74, 6) is 1.30. The number of aryl methyl sites for hydroxylation is 1. The molecular weight excluding hydrogens is 204 g/mol. The van der Waals surface area contributed by atoms with Gasteiger partial charge in [0, 0.05) is 6.54 Å². The molecule has 6 heteroatoms. The predicted molar refractivity (Wildman–Crippen MR) is 53.1 cm³/mol. The van der Waals surface area contributed by atoms with Gasteiger partial charge in [-0.2, -0.15) is 0 Å². The van der Waals surface area contributed by atoms with Gasteiger partial charge in [-0.3, -0.25) is 0 Å². The molecule has 1 rings (SSSR count). The van der Waals surface area contributed by atoms with E-state index in [4.69, 9.17) is 10.2 Å². The average Bonchev–Trinajstić information content (AvgIpc) is 2.48. The fraction of sp³-hybridized carbons (Fsp3) is 0.500. The van der Waals surface area contributed by atoms with Gasteiger partial charge in [-0.15, -0.1) is 0 Å². The molecule has 0 radical (unpaired) electrons. The van der Waals surface area contributed by atoms with Gasteiger partial charge in [0.25, 0.3) is 0 Å². The summed E-state index contributed by atoms with van der Waals surface area (Å²) in [5.41, 5.74) is 5.15. The maximum absolute atomic E-state index is 11.2. The Morgan fingerprint density at radius 3 is 2.71 bits per heavy atom. The van der Waals surface area contributed by atoms with Crippen LogP contribution in [0.25, 0.3) is 0 Å². The Morgan fingerprint density at radius 2 is 2.21 bits per heavy atom. The zero-order valence-electron chi connectivity index (χ0n) is 7.99. The summed E-state index contributed by atoms with van der Waals surface area (Å²) in [6.07, 6.45) is 0. The van der Waals surface area contributed by atoms with Crippen LogP contribution in [0.3, 0.4) is 0 Å². The summed E-state index contributed by atoms with van der Waals surface area (Å²) in [7, 11) is -3.26. The summed E-state index contributed by atoms with van der Waals surface area (Å²) in [6.45, 7) is 2.10. The smallest absolute Gasteiger partial charge is 0.213 e. The third kappa shape index (κ3) is 3.49. The number of hydrogen-bond donors (Lipinski definition) is 2. The Balaban J connectivity index is 2.48. The Hall–Kier alpha value is -0.850. The lowest BCUT2D eigenvalue weighted by atomic mass is 10.4. The van der Waals surface area contributed by atoms with Crippen LogP contribution in [-0.2, 0) is 16.6 Å². The van der Waals surface area contributed by atoms with Gasteiger partial charge in [-0.1, -0.05) is 0 Å². The quantitative estimate of drug-likeness (QED) is 0.726. The molecule has 0 unspecified atom stereocenters. The van der Waals surface area contributed by atoms with Crippen LogP contribution in [0.4, 0.5) is 0 Å². The van der Waals surface area contributed by atoms with Gasteiger partial charge in [-0.25, -0.2) is 13.1 Å². The Morgan fingerprint density at radius 1 is 1.50 bits per heavy atom. The molecule has 0 aliphatic heterocycles. The second-order valence-electron chi connectivity index (χ2n) is 2.94. The Labute approximate surface area is 83.3 Å². The largest absolute Gasteiger partial charge is 0.465 e. The van der Waals surface area contributed by atoms with Gasteiger partial charge < -0.3 is 10.2 Å². The number of nitrogens with one attached hydrogen (secondary N) is 1. The van der Waals surface area contributed by atoms with E-state index in [9.17, 15) is 8.42 Å². The number of furan rings is 1. The first-order valence-corrected chi connectivity index (χ1v) is 5.91. The number of nitrogens with two attached hydrogens (primary N) is 1. The van der Waals surface area contributed by atoms with Gasteiger partial charge >= 0.3 is 0 Å². The second-order valence-corrected chi connectivity index (χ2v) is 4.87. The van der Waals surface area contributed by atoms with E-state index in [2.05, 4.69) is 4.72 Å². The summed E-state index contributed by atoms with van der Waals surface area (Å²) < 4.78 is 29.9. The van der Waals surface area contributed by atoms with E-state index in [1.54, 1.807) is 19.1 Å².